The van der Waals surface area contributed by atoms with Gasteiger partial charge in [-0.05, 0) is 48.9 Å². The van der Waals surface area contributed by atoms with Gasteiger partial charge in [0.15, 0.2) is 5.76 Å². The van der Waals surface area contributed by atoms with Crippen molar-refractivity contribution >= 4 is 17.7 Å². The number of anilines is 1. The lowest BCUT2D eigenvalue weighted by Crippen LogP contribution is -2.19. The van der Waals surface area contributed by atoms with Crippen LogP contribution in [0.15, 0.2) is 89.5 Å². The van der Waals surface area contributed by atoms with Crippen LogP contribution in [-0.4, -0.2) is 17.2 Å². The van der Waals surface area contributed by atoms with Gasteiger partial charge in [-0.2, -0.15) is 0 Å². The van der Waals surface area contributed by atoms with Gasteiger partial charge in [-0.3, -0.25) is 10.1 Å². The normalized spacial score (nSPS) is 14.6. The Hall–Kier alpha value is -4.32. The number of rotatable bonds is 7. The number of carbonyl (C=O) groups is 2. The van der Waals surface area contributed by atoms with E-state index in [9.17, 15) is 14.7 Å². The first-order valence-corrected chi connectivity index (χ1v) is 11.9. The van der Waals surface area contributed by atoms with Crippen molar-refractivity contribution in [3.05, 3.63) is 102 Å². The molecule has 0 spiro atoms. The number of benzene rings is 3. The smallest absolute Gasteiger partial charge is 0.412 e. The first kappa shape index (κ1) is 23.4. The monoisotopic (exact) mass is 481 g/mol. The number of carbonyl (C=O) groups excluding carboxylic acids is 1. The largest absolute Gasteiger partial charge is 0.481 e. The van der Waals surface area contributed by atoms with Crippen LogP contribution in [0.2, 0.25) is 0 Å². The molecule has 0 saturated heterocycles. The Morgan fingerprint density at radius 2 is 1.50 bits per heavy atom. The van der Waals surface area contributed by atoms with Crippen LogP contribution < -0.4 is 5.32 Å². The molecule has 2 N–H and O–H groups in total. The van der Waals surface area contributed by atoms with E-state index in [1.54, 1.807) is 6.26 Å². The lowest BCUT2D eigenvalue weighted by atomic mass is 9.93. The van der Waals surface area contributed by atoms with Gasteiger partial charge in [0.2, 0.25) is 0 Å². The molecule has 1 unspecified atom stereocenters. The third-order valence-electron chi connectivity index (χ3n) is 6.83. The number of hydrogen-bond acceptors (Lipinski definition) is 4. The van der Waals surface area contributed by atoms with Crippen molar-refractivity contribution in [1.82, 2.24) is 0 Å². The SMILES string of the molecule is Cc1coc(-c2ccc(-c3ccc(C4(C(=O)O)CC4)cc3)cc2)c1NC(=O)OC(C)c1ccccc1. The maximum absolute atomic E-state index is 12.6. The Balaban J connectivity index is 1.30. The van der Waals surface area contributed by atoms with E-state index >= 15 is 0 Å². The molecule has 6 heteroatoms. The zero-order valence-electron chi connectivity index (χ0n) is 20.2. The number of carboxylic acid groups (broad SMARTS) is 1. The number of hydrogen-bond donors (Lipinski definition) is 2. The lowest BCUT2D eigenvalue weighted by Gasteiger charge is -2.14. The second-order valence-electron chi connectivity index (χ2n) is 9.25. The van der Waals surface area contributed by atoms with Gasteiger partial charge in [0.1, 0.15) is 6.10 Å². The molecule has 5 rings (SSSR count). The average molecular weight is 482 g/mol. The summed E-state index contributed by atoms with van der Waals surface area (Å²) in [6.45, 7) is 3.69. The molecule has 3 aromatic carbocycles. The van der Waals surface area contributed by atoms with Crippen LogP contribution in [0, 0.1) is 6.92 Å². The van der Waals surface area contributed by atoms with E-state index in [4.69, 9.17) is 9.15 Å². The molecule has 0 radical (unpaired) electrons. The average Bonchev–Trinajstić information content (AvgIpc) is 3.64. The third-order valence-corrected chi connectivity index (χ3v) is 6.83. The quantitative estimate of drug-likeness (QED) is 0.288. The van der Waals surface area contributed by atoms with Crippen LogP contribution in [0.4, 0.5) is 10.5 Å². The number of aryl methyl sites for hydroxylation is 1. The molecule has 0 aliphatic heterocycles. The Labute approximate surface area is 209 Å². The molecule has 1 aliphatic rings. The van der Waals surface area contributed by atoms with Crippen LogP contribution in [0.25, 0.3) is 22.5 Å². The van der Waals surface area contributed by atoms with E-state index in [1.165, 1.54) is 0 Å². The fourth-order valence-electron chi connectivity index (χ4n) is 4.44. The maximum Gasteiger partial charge on any atom is 0.412 e. The Kier molecular flexibility index (Phi) is 6.10. The van der Waals surface area contributed by atoms with E-state index in [-0.39, 0.29) is 0 Å². The molecule has 0 bridgehead atoms. The summed E-state index contributed by atoms with van der Waals surface area (Å²) in [6, 6.07) is 25.1. The van der Waals surface area contributed by atoms with Gasteiger partial charge < -0.3 is 14.3 Å². The second kappa shape index (κ2) is 9.38. The zero-order valence-corrected chi connectivity index (χ0v) is 20.2. The van der Waals surface area contributed by atoms with Gasteiger partial charge in [-0.15, -0.1) is 0 Å². The number of carboxylic acids is 1. The van der Waals surface area contributed by atoms with Gasteiger partial charge >= 0.3 is 12.1 Å². The van der Waals surface area contributed by atoms with Crippen molar-refractivity contribution in [3.63, 3.8) is 0 Å². The fourth-order valence-corrected chi connectivity index (χ4v) is 4.44. The van der Waals surface area contributed by atoms with Crippen LogP contribution in [-0.2, 0) is 14.9 Å². The molecular formula is C30H27NO5. The molecular weight excluding hydrogens is 454 g/mol. The summed E-state index contributed by atoms with van der Waals surface area (Å²) in [5, 5.41) is 12.3. The predicted octanol–water partition coefficient (Wildman–Crippen LogP) is 7.35. The first-order valence-electron chi connectivity index (χ1n) is 11.9. The summed E-state index contributed by atoms with van der Waals surface area (Å²) in [4.78, 5) is 24.2. The molecule has 1 aliphatic carbocycles. The summed E-state index contributed by atoms with van der Waals surface area (Å²) < 4.78 is 11.3. The van der Waals surface area contributed by atoms with E-state index < -0.39 is 23.6 Å². The molecule has 1 saturated carbocycles. The molecule has 1 amide bonds. The van der Waals surface area contributed by atoms with Crippen LogP contribution in [0.5, 0.6) is 0 Å². The Morgan fingerprint density at radius 3 is 2.08 bits per heavy atom. The van der Waals surface area contributed by atoms with Crippen molar-refractivity contribution in [2.75, 3.05) is 5.32 Å². The van der Waals surface area contributed by atoms with Crippen molar-refractivity contribution in [2.45, 2.75) is 38.2 Å². The number of aliphatic carboxylic acids is 1. The molecule has 182 valence electrons. The number of ether oxygens (including phenoxy) is 1. The highest BCUT2D eigenvalue weighted by molar-refractivity contribution is 5.91. The standard InChI is InChI=1S/C30H27NO5/c1-19-18-35-27(26(19)31-29(34)36-20(2)21-6-4-3-5-7-21)24-10-8-22(9-11-24)23-12-14-25(15-13-23)30(16-17-30)28(32)33/h3-15,18,20H,16-17H2,1-2H3,(H,31,34)(H,32,33). The molecule has 1 aromatic heterocycles. The van der Waals surface area contributed by atoms with Gasteiger partial charge in [0, 0.05) is 11.1 Å². The van der Waals surface area contributed by atoms with Crippen molar-refractivity contribution in [1.29, 1.82) is 0 Å². The highest BCUT2D eigenvalue weighted by atomic mass is 16.6. The maximum atomic E-state index is 12.6. The van der Waals surface area contributed by atoms with E-state index in [1.807, 2.05) is 92.7 Å². The van der Waals surface area contributed by atoms with E-state index in [0.29, 0.717) is 24.3 Å². The minimum atomic E-state index is -0.754. The molecule has 6 nitrogen and oxygen atoms in total. The van der Waals surface area contributed by atoms with E-state index in [2.05, 4.69) is 5.32 Å². The molecule has 1 fully saturated rings. The minimum Gasteiger partial charge on any atom is -0.481 e. The van der Waals surface area contributed by atoms with Crippen molar-refractivity contribution < 1.29 is 23.8 Å². The number of furan rings is 1. The summed E-state index contributed by atoms with van der Waals surface area (Å²) in [6.07, 6.45) is 2.04. The number of amides is 1. The van der Waals surface area contributed by atoms with Crippen molar-refractivity contribution in [3.8, 4) is 22.5 Å². The molecule has 1 atom stereocenters. The predicted molar refractivity (Wildman–Crippen MR) is 138 cm³/mol. The highest BCUT2D eigenvalue weighted by Gasteiger charge is 2.51. The van der Waals surface area contributed by atoms with Crippen LogP contribution in [0.1, 0.15) is 42.6 Å². The summed E-state index contributed by atoms with van der Waals surface area (Å²) in [7, 11) is 0. The summed E-state index contributed by atoms with van der Waals surface area (Å²) in [5.74, 6) is -0.202. The van der Waals surface area contributed by atoms with Gasteiger partial charge in [0.25, 0.3) is 0 Å². The zero-order chi connectivity index (χ0) is 25.3. The summed E-state index contributed by atoms with van der Waals surface area (Å²) in [5.41, 5.74) is 5.24. The molecule has 36 heavy (non-hydrogen) atoms. The molecule has 1 heterocycles. The van der Waals surface area contributed by atoms with Crippen molar-refractivity contribution in [2.24, 2.45) is 0 Å². The first-order chi connectivity index (χ1) is 17.4. The van der Waals surface area contributed by atoms with Crippen LogP contribution in [0.3, 0.4) is 0 Å². The van der Waals surface area contributed by atoms with Gasteiger partial charge in [0.05, 0.1) is 17.4 Å². The van der Waals surface area contributed by atoms with E-state index in [0.717, 1.165) is 33.4 Å². The Morgan fingerprint density at radius 1 is 0.917 bits per heavy atom. The Bertz CT molecular complexity index is 1380. The molecule has 4 aromatic rings. The van der Waals surface area contributed by atoms with Gasteiger partial charge in [-0.25, -0.2) is 4.79 Å². The second-order valence-corrected chi connectivity index (χ2v) is 9.25. The third kappa shape index (κ3) is 4.50. The minimum absolute atomic E-state index is 0.391. The highest BCUT2D eigenvalue weighted by Crippen LogP contribution is 2.48. The fraction of sp³-hybridized carbons (Fsp3) is 0.200. The lowest BCUT2D eigenvalue weighted by molar-refractivity contribution is -0.140. The summed E-state index contributed by atoms with van der Waals surface area (Å²) >= 11 is 0. The van der Waals surface area contributed by atoms with Gasteiger partial charge in [-0.1, -0.05) is 78.9 Å². The van der Waals surface area contributed by atoms with Crippen LogP contribution >= 0.6 is 0 Å². The topological polar surface area (TPSA) is 88.8 Å². The number of nitrogens with one attached hydrogen (secondary N) is 1.